The Kier molecular flexibility index (Phi) is 3.87. The molecule has 0 spiro atoms. The van der Waals surface area contributed by atoms with E-state index in [1.807, 2.05) is 12.1 Å². The summed E-state index contributed by atoms with van der Waals surface area (Å²) in [6, 6.07) is 16.8. The summed E-state index contributed by atoms with van der Waals surface area (Å²) < 4.78 is 5.03. The summed E-state index contributed by atoms with van der Waals surface area (Å²) >= 11 is 0. The topological polar surface area (TPSA) is 70.0 Å². The Morgan fingerprint density at radius 3 is 2.39 bits per heavy atom. The molecule has 0 saturated heterocycles. The number of aromatic hydroxyl groups is 1. The number of benzene rings is 3. The molecule has 5 nitrogen and oxygen atoms in total. The number of hydrogen-bond acceptors (Lipinski definition) is 4. The number of hydroxylamine groups is 1. The van der Waals surface area contributed by atoms with E-state index in [4.69, 9.17) is 4.74 Å². The van der Waals surface area contributed by atoms with Gasteiger partial charge in [0.25, 0.3) is 5.91 Å². The van der Waals surface area contributed by atoms with Gasteiger partial charge in [-0.15, -0.1) is 0 Å². The van der Waals surface area contributed by atoms with Gasteiger partial charge in [-0.2, -0.15) is 5.06 Å². The first-order chi connectivity index (χ1) is 11.1. The fourth-order valence-corrected chi connectivity index (χ4v) is 2.38. The number of hydrogen-bond donors (Lipinski definition) is 2. The van der Waals surface area contributed by atoms with Crippen LogP contribution in [0.4, 0.5) is 5.69 Å². The molecule has 0 saturated carbocycles. The summed E-state index contributed by atoms with van der Waals surface area (Å²) in [6.07, 6.45) is 0. The number of ether oxygens (including phenoxy) is 1. The third-order valence-electron chi connectivity index (χ3n) is 3.64. The van der Waals surface area contributed by atoms with E-state index >= 15 is 0 Å². The number of rotatable bonds is 3. The first-order valence-corrected chi connectivity index (χ1v) is 7.00. The molecule has 0 aliphatic carbocycles. The molecule has 1 amide bonds. The molecule has 3 aromatic carbocycles. The Labute approximate surface area is 132 Å². The maximum Gasteiger partial charge on any atom is 0.282 e. The molecule has 3 rings (SSSR count). The van der Waals surface area contributed by atoms with Crippen LogP contribution in [0.5, 0.6) is 11.5 Å². The summed E-state index contributed by atoms with van der Waals surface area (Å²) in [7, 11) is 1.53. The number of phenolic OH excluding ortho intramolecular Hbond substituents is 1. The van der Waals surface area contributed by atoms with Gasteiger partial charge in [-0.1, -0.05) is 30.3 Å². The Morgan fingerprint density at radius 2 is 1.70 bits per heavy atom. The van der Waals surface area contributed by atoms with Crippen LogP contribution < -0.4 is 9.80 Å². The molecule has 0 atom stereocenters. The molecule has 0 unspecified atom stereocenters. The van der Waals surface area contributed by atoms with E-state index in [1.54, 1.807) is 42.5 Å². The van der Waals surface area contributed by atoms with Gasteiger partial charge in [-0.3, -0.25) is 10.0 Å². The Bertz CT molecular complexity index is 859. The first-order valence-electron chi connectivity index (χ1n) is 7.00. The highest BCUT2D eigenvalue weighted by molar-refractivity contribution is 6.07. The maximum atomic E-state index is 12.4. The molecule has 2 N–H and O–H groups in total. The number of nitrogens with zero attached hydrogens (tertiary/aromatic N) is 1. The molecule has 23 heavy (non-hydrogen) atoms. The molecule has 0 aliphatic rings. The van der Waals surface area contributed by atoms with Gasteiger partial charge < -0.3 is 9.84 Å². The van der Waals surface area contributed by atoms with Crippen LogP contribution in [0.15, 0.2) is 60.7 Å². The molecule has 0 fully saturated rings. The van der Waals surface area contributed by atoms with E-state index in [1.165, 1.54) is 13.2 Å². The van der Waals surface area contributed by atoms with Crippen LogP contribution in [0.2, 0.25) is 0 Å². The third-order valence-corrected chi connectivity index (χ3v) is 3.64. The van der Waals surface area contributed by atoms with Crippen molar-refractivity contribution in [2.24, 2.45) is 0 Å². The zero-order valence-corrected chi connectivity index (χ0v) is 12.4. The van der Waals surface area contributed by atoms with Crippen molar-refractivity contribution in [3.05, 3.63) is 66.2 Å². The first kappa shape index (κ1) is 14.9. The van der Waals surface area contributed by atoms with Crippen LogP contribution >= 0.6 is 0 Å². The van der Waals surface area contributed by atoms with Gasteiger partial charge in [-0.25, -0.2) is 0 Å². The van der Waals surface area contributed by atoms with Crippen molar-refractivity contribution in [2.45, 2.75) is 0 Å². The molecule has 3 aromatic rings. The lowest BCUT2D eigenvalue weighted by Crippen LogP contribution is -2.27. The zero-order valence-electron chi connectivity index (χ0n) is 12.4. The molecule has 0 aromatic heterocycles. The van der Waals surface area contributed by atoms with Crippen molar-refractivity contribution < 1.29 is 19.8 Å². The van der Waals surface area contributed by atoms with E-state index < -0.39 is 5.91 Å². The normalized spacial score (nSPS) is 10.5. The van der Waals surface area contributed by atoms with Crippen LogP contribution in [0.25, 0.3) is 10.8 Å². The smallest absolute Gasteiger partial charge is 0.282 e. The maximum absolute atomic E-state index is 12.4. The minimum Gasteiger partial charge on any atom is -0.505 e. The zero-order chi connectivity index (χ0) is 16.4. The molecule has 0 heterocycles. The summed E-state index contributed by atoms with van der Waals surface area (Å²) in [5.74, 6) is -0.176. The number of amides is 1. The number of anilines is 1. The minimum atomic E-state index is -0.641. The fourth-order valence-electron chi connectivity index (χ4n) is 2.38. The van der Waals surface area contributed by atoms with Crippen molar-refractivity contribution in [3.8, 4) is 11.5 Å². The molecule has 0 bridgehead atoms. The lowest BCUT2D eigenvalue weighted by atomic mass is 10.1. The fraction of sp³-hybridized carbons (Fsp3) is 0.0556. The van der Waals surface area contributed by atoms with Crippen LogP contribution in [-0.2, 0) is 0 Å². The number of carbonyl (C=O) groups excluding carboxylic acids is 1. The predicted octanol–water partition coefficient (Wildman–Crippen LogP) is 3.59. The van der Waals surface area contributed by atoms with Gasteiger partial charge in [0.05, 0.1) is 7.11 Å². The Morgan fingerprint density at radius 1 is 1.00 bits per heavy atom. The van der Waals surface area contributed by atoms with Gasteiger partial charge in [0, 0.05) is 10.9 Å². The summed E-state index contributed by atoms with van der Waals surface area (Å²) in [6.45, 7) is 0. The van der Waals surface area contributed by atoms with E-state index in [0.717, 1.165) is 5.39 Å². The quantitative estimate of drug-likeness (QED) is 0.573. The lowest BCUT2D eigenvalue weighted by Gasteiger charge is -2.17. The summed E-state index contributed by atoms with van der Waals surface area (Å²) in [4.78, 5) is 12.4. The highest BCUT2D eigenvalue weighted by Crippen LogP contribution is 2.35. The van der Waals surface area contributed by atoms with E-state index in [0.29, 0.717) is 16.2 Å². The average Bonchev–Trinajstić information content (AvgIpc) is 2.61. The lowest BCUT2D eigenvalue weighted by molar-refractivity contribution is 0.0852. The molecular formula is C18H15NO4. The van der Waals surface area contributed by atoms with Gasteiger partial charge in [0.1, 0.15) is 17.2 Å². The van der Waals surface area contributed by atoms with Gasteiger partial charge in [0.2, 0.25) is 0 Å². The van der Waals surface area contributed by atoms with Crippen molar-refractivity contribution in [2.75, 3.05) is 12.2 Å². The number of phenols is 1. The van der Waals surface area contributed by atoms with E-state index in [9.17, 15) is 15.1 Å². The Balaban J connectivity index is 1.97. The largest absolute Gasteiger partial charge is 0.505 e. The van der Waals surface area contributed by atoms with Gasteiger partial charge in [0.15, 0.2) is 0 Å². The third kappa shape index (κ3) is 2.69. The molecule has 5 heteroatoms. The van der Waals surface area contributed by atoms with Crippen LogP contribution in [0, 0.1) is 0 Å². The summed E-state index contributed by atoms with van der Waals surface area (Å²) in [5, 5.41) is 22.4. The van der Waals surface area contributed by atoms with Crippen LogP contribution in [-0.4, -0.2) is 23.3 Å². The van der Waals surface area contributed by atoms with E-state index in [2.05, 4.69) is 0 Å². The average molecular weight is 309 g/mol. The highest BCUT2D eigenvalue weighted by atomic mass is 16.5. The molecule has 0 radical (unpaired) electrons. The van der Waals surface area contributed by atoms with Gasteiger partial charge in [-0.05, 0) is 35.7 Å². The minimum absolute atomic E-state index is 0.0320. The summed E-state index contributed by atoms with van der Waals surface area (Å²) in [5.41, 5.74) is 0.311. The monoisotopic (exact) mass is 309 g/mol. The second kappa shape index (κ2) is 5.98. The molecule has 0 aliphatic heterocycles. The molecule has 116 valence electrons. The van der Waals surface area contributed by atoms with Crippen molar-refractivity contribution >= 4 is 22.4 Å². The number of carbonyl (C=O) groups is 1. The SMILES string of the molecule is COc1ccc(C(=O)N(O)c2ccc3ccccc3c2O)cc1. The van der Waals surface area contributed by atoms with Crippen molar-refractivity contribution in [1.82, 2.24) is 0 Å². The van der Waals surface area contributed by atoms with Crippen molar-refractivity contribution in [3.63, 3.8) is 0 Å². The van der Waals surface area contributed by atoms with Gasteiger partial charge >= 0.3 is 0 Å². The van der Waals surface area contributed by atoms with E-state index in [-0.39, 0.29) is 17.0 Å². The number of fused-ring (bicyclic) bond motifs is 1. The predicted molar refractivity (Wildman–Crippen MR) is 87.2 cm³/mol. The second-order valence-corrected chi connectivity index (χ2v) is 5.00. The highest BCUT2D eigenvalue weighted by Gasteiger charge is 2.20. The molecular weight excluding hydrogens is 294 g/mol. The van der Waals surface area contributed by atoms with Crippen LogP contribution in [0.1, 0.15) is 10.4 Å². The number of methoxy groups -OCH3 is 1. The standard InChI is InChI=1S/C18H15NO4/c1-23-14-9-6-13(7-10-14)18(21)19(22)16-11-8-12-4-2-3-5-15(12)17(16)20/h2-11,20,22H,1H3. The van der Waals surface area contributed by atoms with Crippen molar-refractivity contribution in [1.29, 1.82) is 0 Å². The van der Waals surface area contributed by atoms with Crippen LogP contribution in [0.3, 0.4) is 0 Å². The Hall–Kier alpha value is -3.05. The second-order valence-electron chi connectivity index (χ2n) is 5.00.